The van der Waals surface area contributed by atoms with Gasteiger partial charge in [0.25, 0.3) is 0 Å². The van der Waals surface area contributed by atoms with Gasteiger partial charge in [-0.25, -0.2) is 4.98 Å². The standard InChI is InChI=1S/C16H17N3O/c1-19(15-8-4-5-10-18-15)16(20)13-9-11-17-14-7-3-2-6-12(13)14/h2-8,10,13,17H,9,11H2,1H3. The highest BCUT2D eigenvalue weighted by atomic mass is 16.2. The van der Waals surface area contributed by atoms with Crippen molar-refractivity contribution in [2.24, 2.45) is 0 Å². The molecule has 2 heterocycles. The topological polar surface area (TPSA) is 45.2 Å². The first kappa shape index (κ1) is 12.7. The molecule has 102 valence electrons. The summed E-state index contributed by atoms with van der Waals surface area (Å²) in [6.45, 7) is 0.823. The zero-order chi connectivity index (χ0) is 13.9. The van der Waals surface area contributed by atoms with Crippen molar-refractivity contribution in [3.8, 4) is 0 Å². The predicted octanol–water partition coefficient (Wildman–Crippen LogP) is 2.64. The lowest BCUT2D eigenvalue weighted by atomic mass is 9.90. The third-order valence-corrected chi connectivity index (χ3v) is 3.71. The Morgan fingerprint density at radius 3 is 2.85 bits per heavy atom. The van der Waals surface area contributed by atoms with E-state index < -0.39 is 0 Å². The number of fused-ring (bicyclic) bond motifs is 1. The van der Waals surface area contributed by atoms with Gasteiger partial charge in [0.2, 0.25) is 5.91 Å². The summed E-state index contributed by atoms with van der Waals surface area (Å²) >= 11 is 0. The molecule has 20 heavy (non-hydrogen) atoms. The highest BCUT2D eigenvalue weighted by Crippen LogP contribution is 2.33. The minimum atomic E-state index is -0.0977. The number of pyridine rings is 1. The van der Waals surface area contributed by atoms with Crippen LogP contribution in [0.5, 0.6) is 0 Å². The van der Waals surface area contributed by atoms with Gasteiger partial charge in [0, 0.05) is 25.5 Å². The lowest BCUT2D eigenvalue weighted by Gasteiger charge is -2.29. The highest BCUT2D eigenvalue weighted by molar-refractivity contribution is 5.98. The smallest absolute Gasteiger partial charge is 0.235 e. The van der Waals surface area contributed by atoms with E-state index in [1.54, 1.807) is 18.1 Å². The molecular weight excluding hydrogens is 250 g/mol. The van der Waals surface area contributed by atoms with Crippen LogP contribution in [-0.2, 0) is 4.79 Å². The van der Waals surface area contributed by atoms with Crippen LogP contribution < -0.4 is 10.2 Å². The van der Waals surface area contributed by atoms with E-state index in [4.69, 9.17) is 0 Å². The summed E-state index contributed by atoms with van der Waals surface area (Å²) < 4.78 is 0. The maximum atomic E-state index is 12.7. The quantitative estimate of drug-likeness (QED) is 0.909. The Bertz CT molecular complexity index is 612. The molecule has 1 unspecified atom stereocenters. The number of rotatable bonds is 2. The number of carbonyl (C=O) groups excluding carboxylic acids is 1. The number of hydrogen-bond donors (Lipinski definition) is 1. The van der Waals surface area contributed by atoms with Gasteiger partial charge < -0.3 is 5.32 Å². The van der Waals surface area contributed by atoms with Crippen LogP contribution in [0.3, 0.4) is 0 Å². The molecule has 1 amide bonds. The first-order chi connectivity index (χ1) is 9.77. The Kier molecular flexibility index (Phi) is 3.37. The molecule has 4 heteroatoms. The van der Waals surface area contributed by atoms with Crippen LogP contribution in [0.25, 0.3) is 0 Å². The number of anilines is 2. The summed E-state index contributed by atoms with van der Waals surface area (Å²) in [5.74, 6) is 0.686. The summed E-state index contributed by atoms with van der Waals surface area (Å²) in [5, 5.41) is 3.34. The maximum Gasteiger partial charge on any atom is 0.235 e. The van der Waals surface area contributed by atoms with Crippen molar-refractivity contribution in [1.82, 2.24) is 4.98 Å². The van der Waals surface area contributed by atoms with Crippen molar-refractivity contribution in [2.45, 2.75) is 12.3 Å². The van der Waals surface area contributed by atoms with E-state index in [9.17, 15) is 4.79 Å². The van der Waals surface area contributed by atoms with E-state index in [0.717, 1.165) is 24.2 Å². The number of aromatic nitrogens is 1. The molecule has 3 rings (SSSR count). The molecule has 0 spiro atoms. The SMILES string of the molecule is CN(C(=O)C1CCNc2ccccc21)c1ccccn1. The summed E-state index contributed by atoms with van der Waals surface area (Å²) in [5.41, 5.74) is 2.14. The van der Waals surface area contributed by atoms with Gasteiger partial charge in [-0.1, -0.05) is 24.3 Å². The van der Waals surface area contributed by atoms with Crippen molar-refractivity contribution >= 4 is 17.4 Å². The summed E-state index contributed by atoms with van der Waals surface area (Å²) in [7, 11) is 1.79. The zero-order valence-electron chi connectivity index (χ0n) is 11.4. The van der Waals surface area contributed by atoms with Crippen molar-refractivity contribution in [2.75, 3.05) is 23.8 Å². The van der Waals surface area contributed by atoms with Gasteiger partial charge in [-0.2, -0.15) is 0 Å². The fourth-order valence-corrected chi connectivity index (χ4v) is 2.62. The fourth-order valence-electron chi connectivity index (χ4n) is 2.62. The van der Waals surface area contributed by atoms with Crippen LogP contribution in [0.1, 0.15) is 17.9 Å². The number of hydrogen-bond acceptors (Lipinski definition) is 3. The Morgan fingerprint density at radius 1 is 1.25 bits per heavy atom. The van der Waals surface area contributed by atoms with Gasteiger partial charge in [0.05, 0.1) is 5.92 Å². The molecule has 0 fully saturated rings. The molecule has 1 aromatic carbocycles. The number of benzene rings is 1. The predicted molar refractivity (Wildman–Crippen MR) is 79.9 cm³/mol. The molecule has 1 aliphatic heterocycles. The molecule has 1 aromatic heterocycles. The zero-order valence-corrected chi connectivity index (χ0v) is 11.4. The third-order valence-electron chi connectivity index (χ3n) is 3.71. The first-order valence-electron chi connectivity index (χ1n) is 6.79. The van der Waals surface area contributed by atoms with Crippen molar-refractivity contribution in [3.05, 3.63) is 54.2 Å². The molecule has 0 saturated heterocycles. The molecule has 1 N–H and O–H groups in total. The van der Waals surface area contributed by atoms with Gasteiger partial charge in [-0.15, -0.1) is 0 Å². The van der Waals surface area contributed by atoms with Gasteiger partial charge in [0.1, 0.15) is 5.82 Å². The molecule has 2 aromatic rings. The van der Waals surface area contributed by atoms with E-state index in [1.807, 2.05) is 42.5 Å². The normalized spacial score (nSPS) is 16.9. The molecule has 1 atom stereocenters. The number of likely N-dealkylation sites (N-methyl/N-ethyl adjacent to an activating group) is 1. The average Bonchev–Trinajstić information content (AvgIpc) is 2.54. The number of carbonyl (C=O) groups is 1. The maximum absolute atomic E-state index is 12.7. The molecule has 0 radical (unpaired) electrons. The Balaban J connectivity index is 1.89. The number of para-hydroxylation sites is 1. The van der Waals surface area contributed by atoms with Crippen LogP contribution >= 0.6 is 0 Å². The fraction of sp³-hybridized carbons (Fsp3) is 0.250. The molecule has 4 nitrogen and oxygen atoms in total. The minimum Gasteiger partial charge on any atom is -0.385 e. The van der Waals surface area contributed by atoms with Crippen LogP contribution in [0.2, 0.25) is 0 Å². The Labute approximate surface area is 118 Å². The summed E-state index contributed by atoms with van der Waals surface area (Å²) in [6.07, 6.45) is 2.52. The second-order valence-corrected chi connectivity index (χ2v) is 4.94. The lowest BCUT2D eigenvalue weighted by molar-refractivity contribution is -0.119. The van der Waals surface area contributed by atoms with Crippen LogP contribution in [-0.4, -0.2) is 24.5 Å². The number of amides is 1. The van der Waals surface area contributed by atoms with E-state index >= 15 is 0 Å². The number of nitrogens with one attached hydrogen (secondary N) is 1. The van der Waals surface area contributed by atoms with E-state index in [0.29, 0.717) is 5.82 Å². The van der Waals surface area contributed by atoms with Crippen LogP contribution in [0, 0.1) is 0 Å². The molecule has 0 bridgehead atoms. The first-order valence-corrected chi connectivity index (χ1v) is 6.79. The monoisotopic (exact) mass is 267 g/mol. The summed E-state index contributed by atoms with van der Waals surface area (Å²) in [4.78, 5) is 18.6. The van der Waals surface area contributed by atoms with Gasteiger partial charge in [-0.3, -0.25) is 9.69 Å². The Hall–Kier alpha value is -2.36. The third kappa shape index (κ3) is 2.25. The second kappa shape index (κ2) is 5.33. The number of nitrogens with zero attached hydrogens (tertiary/aromatic N) is 2. The highest BCUT2D eigenvalue weighted by Gasteiger charge is 2.29. The molecular formula is C16H17N3O. The largest absolute Gasteiger partial charge is 0.385 e. The lowest BCUT2D eigenvalue weighted by Crippen LogP contribution is -2.35. The Morgan fingerprint density at radius 2 is 2.05 bits per heavy atom. The van der Waals surface area contributed by atoms with Gasteiger partial charge in [-0.05, 0) is 30.2 Å². The van der Waals surface area contributed by atoms with E-state index in [2.05, 4.69) is 10.3 Å². The second-order valence-electron chi connectivity index (χ2n) is 4.94. The van der Waals surface area contributed by atoms with Crippen molar-refractivity contribution in [1.29, 1.82) is 0 Å². The van der Waals surface area contributed by atoms with E-state index in [1.165, 1.54) is 0 Å². The molecule has 0 aliphatic carbocycles. The van der Waals surface area contributed by atoms with Gasteiger partial charge >= 0.3 is 0 Å². The van der Waals surface area contributed by atoms with Crippen molar-refractivity contribution < 1.29 is 4.79 Å². The van der Waals surface area contributed by atoms with E-state index in [-0.39, 0.29) is 11.8 Å². The molecule has 1 aliphatic rings. The van der Waals surface area contributed by atoms with Crippen molar-refractivity contribution in [3.63, 3.8) is 0 Å². The minimum absolute atomic E-state index is 0.0950. The van der Waals surface area contributed by atoms with Crippen LogP contribution in [0.4, 0.5) is 11.5 Å². The molecule has 0 saturated carbocycles. The summed E-state index contributed by atoms with van der Waals surface area (Å²) in [6, 6.07) is 13.6. The van der Waals surface area contributed by atoms with Gasteiger partial charge in [0.15, 0.2) is 0 Å². The average molecular weight is 267 g/mol. The van der Waals surface area contributed by atoms with Crippen LogP contribution in [0.15, 0.2) is 48.7 Å².